The zero-order chi connectivity index (χ0) is 30.8. The number of anilines is 1. The van der Waals surface area contributed by atoms with Gasteiger partial charge in [-0.15, -0.1) is 0 Å². The number of hydrogen-bond acceptors (Lipinski definition) is 8. The van der Waals surface area contributed by atoms with E-state index in [1.54, 1.807) is 31.2 Å². The molecule has 3 aromatic rings. The molecule has 1 fully saturated rings. The first-order valence-corrected chi connectivity index (χ1v) is 14.5. The van der Waals surface area contributed by atoms with Crippen LogP contribution in [0.4, 0.5) is 5.13 Å². The van der Waals surface area contributed by atoms with Gasteiger partial charge >= 0.3 is 11.9 Å². The van der Waals surface area contributed by atoms with Crippen LogP contribution in [-0.2, 0) is 19.7 Å². The third-order valence-corrected chi connectivity index (χ3v) is 7.89. The molecule has 0 spiro atoms. The van der Waals surface area contributed by atoms with Gasteiger partial charge in [-0.3, -0.25) is 14.5 Å². The number of aryl methyl sites for hydroxylation is 1. The minimum Gasteiger partial charge on any atom is -0.507 e. The Morgan fingerprint density at radius 1 is 1.12 bits per heavy atom. The van der Waals surface area contributed by atoms with Gasteiger partial charge in [-0.25, -0.2) is 9.78 Å². The number of hydrogen-bond donors (Lipinski definition) is 1. The number of rotatable bonds is 9. The summed E-state index contributed by atoms with van der Waals surface area (Å²) >= 11 is 0.958. The number of benzene rings is 2. The van der Waals surface area contributed by atoms with Crippen LogP contribution in [0.25, 0.3) is 5.76 Å². The molecular weight excluding hydrogens is 552 g/mol. The lowest BCUT2D eigenvalue weighted by atomic mass is 9.85. The number of ether oxygens (including phenoxy) is 2. The number of aliphatic hydroxyl groups is 1. The molecule has 0 radical (unpaired) electrons. The molecule has 0 bridgehead atoms. The number of amides is 1. The van der Waals surface area contributed by atoms with Crippen LogP contribution in [0.5, 0.6) is 5.75 Å². The van der Waals surface area contributed by atoms with Gasteiger partial charge in [0, 0.05) is 5.56 Å². The Morgan fingerprint density at radius 3 is 2.33 bits per heavy atom. The average molecular weight is 589 g/mol. The highest BCUT2D eigenvalue weighted by molar-refractivity contribution is 7.17. The van der Waals surface area contributed by atoms with E-state index in [9.17, 15) is 19.5 Å². The first-order chi connectivity index (χ1) is 19.8. The van der Waals surface area contributed by atoms with Crippen LogP contribution in [0.1, 0.15) is 72.7 Å². The number of esters is 1. The maximum absolute atomic E-state index is 13.6. The van der Waals surface area contributed by atoms with Gasteiger partial charge in [-0.2, -0.15) is 0 Å². The van der Waals surface area contributed by atoms with Crippen molar-refractivity contribution in [1.29, 1.82) is 0 Å². The first kappa shape index (κ1) is 30.7. The van der Waals surface area contributed by atoms with Crippen LogP contribution in [0.2, 0.25) is 0 Å². The van der Waals surface area contributed by atoms with Crippen LogP contribution in [0, 0.1) is 12.8 Å². The summed E-state index contributed by atoms with van der Waals surface area (Å²) in [6, 6.07) is 13.3. The summed E-state index contributed by atoms with van der Waals surface area (Å²) in [6.45, 7) is 16.1. The quantitative estimate of drug-likeness (QED) is 0.0969. The molecule has 0 saturated carbocycles. The second-order valence-electron chi connectivity index (χ2n) is 11.6. The fourth-order valence-corrected chi connectivity index (χ4v) is 5.50. The van der Waals surface area contributed by atoms with Gasteiger partial charge in [0.1, 0.15) is 23.0 Å². The molecule has 1 unspecified atom stereocenters. The normalized spacial score (nSPS) is 16.6. The lowest BCUT2D eigenvalue weighted by Gasteiger charge is -2.24. The molecule has 0 aliphatic carbocycles. The predicted octanol–water partition coefficient (Wildman–Crippen LogP) is 6.75. The summed E-state index contributed by atoms with van der Waals surface area (Å²) < 4.78 is 10.9. The standard InChI is InChI=1S/C33H36N2O6S/c1-8-17-40-31(39)29-20(4)34-32(42-29)35-26(21-9-13-23(14-10-21)33(5,6)7)25(28(37)30(35)38)27(36)22-11-15-24(16-12-22)41-18-19(2)3/h8-16,19,26,36H,1,17-18H2,2-7H3/b27-25+. The van der Waals surface area contributed by atoms with E-state index in [1.165, 1.54) is 11.0 Å². The summed E-state index contributed by atoms with van der Waals surface area (Å²) in [7, 11) is 0. The largest absolute Gasteiger partial charge is 0.507 e. The molecule has 1 aliphatic rings. The molecule has 1 N–H and O–H groups in total. The van der Waals surface area contributed by atoms with Gasteiger partial charge in [0.05, 0.1) is 23.9 Å². The average Bonchev–Trinajstić information content (AvgIpc) is 3.46. The third kappa shape index (κ3) is 6.31. The second kappa shape index (κ2) is 12.3. The van der Waals surface area contributed by atoms with E-state index in [-0.39, 0.29) is 33.4 Å². The van der Waals surface area contributed by atoms with Crippen LogP contribution < -0.4 is 9.64 Å². The summed E-state index contributed by atoms with van der Waals surface area (Å²) in [5, 5.41) is 11.6. The van der Waals surface area contributed by atoms with E-state index in [2.05, 4.69) is 32.3 Å². The van der Waals surface area contributed by atoms with Gasteiger partial charge in [-0.05, 0) is 53.6 Å². The highest BCUT2D eigenvalue weighted by Gasteiger charge is 2.48. The summed E-state index contributed by atoms with van der Waals surface area (Å²) in [6.07, 6.45) is 1.46. The summed E-state index contributed by atoms with van der Waals surface area (Å²) in [5.41, 5.74) is 2.23. The Balaban J connectivity index is 1.83. The molecule has 9 heteroatoms. The second-order valence-corrected chi connectivity index (χ2v) is 12.5. The Morgan fingerprint density at radius 2 is 1.76 bits per heavy atom. The first-order valence-electron chi connectivity index (χ1n) is 13.7. The molecule has 1 aromatic heterocycles. The highest BCUT2D eigenvalue weighted by Crippen LogP contribution is 2.44. The lowest BCUT2D eigenvalue weighted by Crippen LogP contribution is -2.29. The Kier molecular flexibility index (Phi) is 9.01. The third-order valence-electron chi connectivity index (χ3n) is 6.76. The molecular formula is C33H36N2O6S. The summed E-state index contributed by atoms with van der Waals surface area (Å²) in [5.74, 6) is -1.63. The number of carbonyl (C=O) groups is 3. The Labute approximate surface area is 250 Å². The van der Waals surface area contributed by atoms with Crippen LogP contribution >= 0.6 is 11.3 Å². The van der Waals surface area contributed by atoms with Crippen LogP contribution in [-0.4, -0.2) is 41.0 Å². The van der Waals surface area contributed by atoms with Crippen molar-refractivity contribution in [2.24, 2.45) is 5.92 Å². The number of carbonyl (C=O) groups excluding carboxylic acids is 3. The molecule has 1 amide bonds. The predicted molar refractivity (Wildman–Crippen MR) is 164 cm³/mol. The molecule has 1 aliphatic heterocycles. The molecule has 42 heavy (non-hydrogen) atoms. The molecule has 4 rings (SSSR count). The fraction of sp³-hybridized carbons (Fsp3) is 0.333. The molecule has 2 heterocycles. The molecule has 1 saturated heterocycles. The SMILES string of the molecule is C=CCOC(=O)c1sc(N2C(=O)C(=O)/C(=C(/O)c3ccc(OCC(C)C)cc3)C2c2ccc(C(C)(C)C)cc2)nc1C. The van der Waals surface area contributed by atoms with E-state index >= 15 is 0 Å². The Hall–Kier alpha value is -4.24. The van der Waals surface area contributed by atoms with Crippen molar-refractivity contribution in [3.05, 3.63) is 94.0 Å². The van der Waals surface area contributed by atoms with Crippen molar-refractivity contribution in [2.75, 3.05) is 18.1 Å². The summed E-state index contributed by atoms with van der Waals surface area (Å²) in [4.78, 5) is 45.7. The van der Waals surface area contributed by atoms with Crippen molar-refractivity contribution in [2.45, 2.75) is 53.0 Å². The Bertz CT molecular complexity index is 1530. The zero-order valence-corrected chi connectivity index (χ0v) is 25.6. The number of aliphatic hydroxyl groups excluding tert-OH is 1. The molecule has 220 valence electrons. The van der Waals surface area contributed by atoms with E-state index in [0.29, 0.717) is 35.1 Å². The number of aromatic nitrogens is 1. The monoisotopic (exact) mass is 588 g/mol. The van der Waals surface area contributed by atoms with E-state index < -0.39 is 23.7 Å². The van der Waals surface area contributed by atoms with E-state index in [1.807, 2.05) is 38.1 Å². The molecule has 8 nitrogen and oxygen atoms in total. The maximum atomic E-state index is 13.6. The number of Topliss-reactive ketones (excluding diaryl/α,β-unsaturated/α-hetero) is 1. The maximum Gasteiger partial charge on any atom is 0.350 e. The van der Waals surface area contributed by atoms with Gasteiger partial charge in [0.15, 0.2) is 5.13 Å². The van der Waals surface area contributed by atoms with E-state index in [0.717, 1.165) is 16.9 Å². The minimum absolute atomic E-state index is 0.0252. The van der Waals surface area contributed by atoms with Gasteiger partial charge in [0.2, 0.25) is 0 Å². The van der Waals surface area contributed by atoms with Crippen molar-refractivity contribution in [1.82, 2.24) is 4.98 Å². The zero-order valence-electron chi connectivity index (χ0n) is 24.8. The van der Waals surface area contributed by atoms with Gasteiger partial charge in [0.25, 0.3) is 5.78 Å². The van der Waals surface area contributed by atoms with Crippen LogP contribution in [0.3, 0.4) is 0 Å². The smallest absolute Gasteiger partial charge is 0.350 e. The van der Waals surface area contributed by atoms with Gasteiger partial charge < -0.3 is 14.6 Å². The van der Waals surface area contributed by atoms with Crippen LogP contribution in [0.15, 0.2) is 66.8 Å². The van der Waals surface area contributed by atoms with Crippen molar-refractivity contribution in [3.63, 3.8) is 0 Å². The number of thiazole rings is 1. The lowest BCUT2D eigenvalue weighted by molar-refractivity contribution is -0.132. The molecule has 1 atom stereocenters. The fourth-order valence-electron chi connectivity index (χ4n) is 4.51. The van der Waals surface area contributed by atoms with Crippen molar-refractivity contribution >= 4 is 39.9 Å². The number of nitrogens with zero attached hydrogens (tertiary/aromatic N) is 2. The van der Waals surface area contributed by atoms with Crippen molar-refractivity contribution in [3.8, 4) is 5.75 Å². The highest BCUT2D eigenvalue weighted by atomic mass is 32.1. The van der Waals surface area contributed by atoms with Gasteiger partial charge in [-0.1, -0.05) is 82.9 Å². The minimum atomic E-state index is -0.974. The molecule has 2 aromatic carbocycles. The van der Waals surface area contributed by atoms with E-state index in [4.69, 9.17) is 9.47 Å². The number of ketones is 1. The topological polar surface area (TPSA) is 106 Å². The van der Waals surface area contributed by atoms with Crippen molar-refractivity contribution < 1.29 is 29.0 Å².